The van der Waals surface area contributed by atoms with Crippen LogP contribution in [0.1, 0.15) is 58.8 Å². The highest BCUT2D eigenvalue weighted by Crippen LogP contribution is 2.66. The molecule has 0 bridgehead atoms. The molecular formula is C23H35N3O2S. The lowest BCUT2D eigenvalue weighted by molar-refractivity contribution is -0.0799. The molecule has 4 aliphatic rings. The fourth-order valence-electron chi connectivity index (χ4n) is 7.85. The Morgan fingerprint density at radius 2 is 1.90 bits per heavy atom. The van der Waals surface area contributed by atoms with Crippen molar-refractivity contribution in [1.29, 1.82) is 0 Å². The molecule has 0 radical (unpaired) electrons. The average molecular weight is 418 g/mol. The summed E-state index contributed by atoms with van der Waals surface area (Å²) in [6.45, 7) is 6.40. The second kappa shape index (κ2) is 6.68. The lowest BCUT2D eigenvalue weighted by Crippen LogP contribution is -2.51. The van der Waals surface area contributed by atoms with Gasteiger partial charge in [0.2, 0.25) is 10.0 Å². The molecule has 0 N–H and O–H groups in total. The predicted octanol–water partition coefficient (Wildman–Crippen LogP) is 4.25. The summed E-state index contributed by atoms with van der Waals surface area (Å²) in [6.07, 6.45) is 18.1. The van der Waals surface area contributed by atoms with Gasteiger partial charge >= 0.3 is 0 Å². The number of fused-ring (bicyclic) bond motifs is 5. The van der Waals surface area contributed by atoms with Crippen LogP contribution in [-0.2, 0) is 10.0 Å². The third kappa shape index (κ3) is 2.96. The highest BCUT2D eigenvalue weighted by Gasteiger charge is 2.58. The molecule has 1 aromatic heterocycles. The van der Waals surface area contributed by atoms with Crippen LogP contribution in [0.25, 0.3) is 5.70 Å². The first-order chi connectivity index (χ1) is 13.7. The van der Waals surface area contributed by atoms with Gasteiger partial charge in [0.1, 0.15) is 0 Å². The lowest BCUT2D eigenvalue weighted by Gasteiger charge is -2.58. The summed E-state index contributed by atoms with van der Waals surface area (Å²) in [7, 11) is -3.09. The summed E-state index contributed by atoms with van der Waals surface area (Å²) < 4.78 is 28.3. The van der Waals surface area contributed by atoms with Crippen LogP contribution in [-0.4, -0.2) is 41.6 Å². The van der Waals surface area contributed by atoms with Crippen molar-refractivity contribution in [2.45, 2.75) is 58.8 Å². The molecule has 1 saturated heterocycles. The first kappa shape index (κ1) is 19.8. The fraction of sp³-hybridized carbons (Fsp3) is 0.783. The van der Waals surface area contributed by atoms with Crippen molar-refractivity contribution in [3.63, 3.8) is 0 Å². The molecule has 6 heteroatoms. The Morgan fingerprint density at radius 1 is 1.07 bits per heavy atom. The Kier molecular flexibility index (Phi) is 4.56. The third-order valence-electron chi connectivity index (χ3n) is 9.48. The second-order valence-corrected chi connectivity index (χ2v) is 12.6. The Morgan fingerprint density at radius 3 is 2.62 bits per heavy atom. The quantitative estimate of drug-likeness (QED) is 0.723. The van der Waals surface area contributed by atoms with Crippen LogP contribution < -0.4 is 0 Å². The van der Waals surface area contributed by atoms with Crippen molar-refractivity contribution in [3.8, 4) is 0 Å². The number of aromatic nitrogens is 2. The van der Waals surface area contributed by atoms with E-state index in [1.54, 1.807) is 4.31 Å². The number of rotatable bonds is 2. The highest BCUT2D eigenvalue weighted by atomic mass is 32.2. The second-order valence-electron chi connectivity index (χ2n) is 10.6. The third-order valence-corrected chi connectivity index (χ3v) is 10.8. The molecule has 29 heavy (non-hydrogen) atoms. The Bertz CT molecular complexity index is 909. The Labute approximate surface area is 175 Å². The predicted molar refractivity (Wildman–Crippen MR) is 115 cm³/mol. The molecule has 1 aliphatic heterocycles. The van der Waals surface area contributed by atoms with Gasteiger partial charge in [0.15, 0.2) is 0 Å². The van der Waals surface area contributed by atoms with E-state index >= 15 is 0 Å². The van der Waals surface area contributed by atoms with Crippen LogP contribution in [0.4, 0.5) is 0 Å². The van der Waals surface area contributed by atoms with Gasteiger partial charge in [0.05, 0.1) is 12.6 Å². The van der Waals surface area contributed by atoms with E-state index in [1.807, 2.05) is 12.5 Å². The summed E-state index contributed by atoms with van der Waals surface area (Å²) in [5.74, 6) is 2.87. The minimum atomic E-state index is -3.09. The Hall–Kier alpha value is -1.14. The van der Waals surface area contributed by atoms with E-state index in [2.05, 4.69) is 35.7 Å². The largest absolute Gasteiger partial charge is 0.310 e. The van der Waals surface area contributed by atoms with E-state index in [-0.39, 0.29) is 10.8 Å². The maximum absolute atomic E-state index is 12.2. The van der Waals surface area contributed by atoms with Crippen molar-refractivity contribution in [2.24, 2.45) is 34.5 Å². The number of imidazole rings is 1. The van der Waals surface area contributed by atoms with Gasteiger partial charge in [-0.05, 0) is 74.0 Å². The zero-order valence-electron chi connectivity index (χ0n) is 18.0. The molecule has 160 valence electrons. The van der Waals surface area contributed by atoms with Gasteiger partial charge in [0.25, 0.3) is 0 Å². The van der Waals surface area contributed by atoms with Gasteiger partial charge in [-0.1, -0.05) is 19.9 Å². The van der Waals surface area contributed by atoms with Crippen LogP contribution in [0, 0.1) is 34.5 Å². The zero-order chi connectivity index (χ0) is 20.4. The van der Waals surface area contributed by atoms with Crippen molar-refractivity contribution < 1.29 is 8.42 Å². The smallest absolute Gasteiger partial charge is 0.211 e. The summed E-state index contributed by atoms with van der Waals surface area (Å²) in [6, 6.07) is 0. The zero-order valence-corrected chi connectivity index (χ0v) is 18.9. The highest BCUT2D eigenvalue weighted by molar-refractivity contribution is 7.88. The molecule has 1 aromatic rings. The maximum atomic E-state index is 12.2. The van der Waals surface area contributed by atoms with Gasteiger partial charge < -0.3 is 4.57 Å². The summed E-state index contributed by atoms with van der Waals surface area (Å²) in [5.41, 5.74) is 1.98. The monoisotopic (exact) mass is 417 g/mol. The molecule has 3 fully saturated rings. The van der Waals surface area contributed by atoms with E-state index in [9.17, 15) is 8.42 Å². The van der Waals surface area contributed by atoms with Crippen LogP contribution >= 0.6 is 0 Å². The van der Waals surface area contributed by atoms with E-state index in [1.165, 1.54) is 44.1 Å². The van der Waals surface area contributed by atoms with E-state index < -0.39 is 10.0 Å². The number of hydrogen-bond donors (Lipinski definition) is 0. The van der Waals surface area contributed by atoms with Crippen molar-refractivity contribution >= 4 is 15.7 Å². The first-order valence-corrected chi connectivity index (χ1v) is 13.2. The maximum Gasteiger partial charge on any atom is 0.211 e. The van der Waals surface area contributed by atoms with E-state index in [0.29, 0.717) is 24.9 Å². The average Bonchev–Trinajstić information content (AvgIpc) is 3.24. The number of nitrogens with zero attached hydrogens (tertiary/aromatic N) is 3. The molecule has 0 aromatic carbocycles. The van der Waals surface area contributed by atoms with Crippen LogP contribution in [0.15, 0.2) is 24.8 Å². The molecule has 5 rings (SSSR count). The number of hydrogen-bond acceptors (Lipinski definition) is 3. The number of allylic oxidation sites excluding steroid dienone is 2. The normalized spacial score (nSPS) is 43.1. The summed E-state index contributed by atoms with van der Waals surface area (Å²) in [4.78, 5) is 4.29. The minimum Gasteiger partial charge on any atom is -0.310 e. The molecule has 6 atom stereocenters. The lowest BCUT2D eigenvalue weighted by atomic mass is 9.46. The topological polar surface area (TPSA) is 55.2 Å². The molecular weight excluding hydrogens is 382 g/mol. The minimum absolute atomic E-state index is 0.245. The van der Waals surface area contributed by atoms with Crippen LogP contribution in [0.5, 0.6) is 0 Å². The molecule has 2 saturated carbocycles. The van der Waals surface area contributed by atoms with Crippen LogP contribution in [0.2, 0.25) is 0 Å². The van der Waals surface area contributed by atoms with Crippen molar-refractivity contribution in [1.82, 2.24) is 13.9 Å². The van der Waals surface area contributed by atoms with Crippen molar-refractivity contribution in [2.75, 3.05) is 19.3 Å². The molecule has 5 nitrogen and oxygen atoms in total. The van der Waals surface area contributed by atoms with E-state index in [4.69, 9.17) is 0 Å². The van der Waals surface area contributed by atoms with Gasteiger partial charge in [-0.25, -0.2) is 17.7 Å². The standard InChI is InChI=1S/C23H35N3O2S/c1-22-11-14-26(29(3,27)28)13-9-17(22)4-5-18-19-6-7-21(25-15-12-24-16-25)23(19,2)10-8-20(18)22/h7,12,15-20H,4-6,8-11,13-14H2,1-3H3/t17?,18-,19?,20-,22-,23-/m0/s1. The van der Waals surface area contributed by atoms with Gasteiger partial charge in [-0.2, -0.15) is 0 Å². The first-order valence-electron chi connectivity index (χ1n) is 11.4. The SMILES string of the molecule is C[C@]12CCN(S(C)(=O)=O)CCC1CC[C@H]1C3CC=C(n4ccnc4)[C@@]3(C)CC[C@@H]12. The molecule has 0 amide bonds. The molecule has 3 aliphatic carbocycles. The Balaban J connectivity index is 1.42. The number of sulfonamides is 1. The van der Waals surface area contributed by atoms with Gasteiger partial charge in [-0.3, -0.25) is 0 Å². The van der Waals surface area contributed by atoms with Crippen LogP contribution in [0.3, 0.4) is 0 Å². The van der Waals surface area contributed by atoms with E-state index in [0.717, 1.165) is 24.7 Å². The molecule has 2 unspecified atom stereocenters. The fourth-order valence-corrected chi connectivity index (χ4v) is 8.71. The van der Waals surface area contributed by atoms with Crippen molar-refractivity contribution in [3.05, 3.63) is 24.8 Å². The van der Waals surface area contributed by atoms with Gasteiger partial charge in [0, 0.05) is 36.6 Å². The molecule has 2 heterocycles. The summed E-state index contributed by atoms with van der Waals surface area (Å²) >= 11 is 0. The van der Waals surface area contributed by atoms with Gasteiger partial charge in [-0.15, -0.1) is 0 Å². The summed E-state index contributed by atoms with van der Waals surface area (Å²) in [5, 5.41) is 0. The molecule has 0 spiro atoms.